The smallest absolute Gasteiger partial charge is 0.312 e. The predicted molar refractivity (Wildman–Crippen MR) is 70.3 cm³/mol. The van der Waals surface area contributed by atoms with Gasteiger partial charge in [0.25, 0.3) is 5.91 Å². The van der Waals surface area contributed by atoms with Crippen molar-refractivity contribution in [1.29, 1.82) is 0 Å². The second kappa shape index (κ2) is 5.40. The molecule has 0 fully saturated rings. The van der Waals surface area contributed by atoms with Gasteiger partial charge in [0.2, 0.25) is 0 Å². The van der Waals surface area contributed by atoms with Gasteiger partial charge in [0.05, 0.1) is 6.10 Å². The highest BCUT2D eigenvalue weighted by atomic mass is 16.5. The third-order valence-corrected chi connectivity index (χ3v) is 3.11. The first-order valence-corrected chi connectivity index (χ1v) is 6.24. The molecule has 1 aromatic rings. The number of anilines is 1. The molecule has 1 amide bonds. The first-order chi connectivity index (χ1) is 9.00. The van der Waals surface area contributed by atoms with E-state index in [9.17, 15) is 14.7 Å². The fourth-order valence-electron chi connectivity index (χ4n) is 2.17. The quantitative estimate of drug-likeness (QED) is 0.896. The van der Waals surface area contributed by atoms with Crippen molar-refractivity contribution in [3.8, 4) is 0 Å². The number of ether oxygens (including phenoxy) is 1. The number of aliphatic carboxylic acids is 1. The molecule has 1 aromatic carbocycles. The molecule has 0 aromatic heterocycles. The van der Waals surface area contributed by atoms with E-state index in [1.165, 1.54) is 4.90 Å². The van der Waals surface area contributed by atoms with Crippen molar-refractivity contribution in [3.05, 3.63) is 29.8 Å². The number of carboxylic acid groups (broad SMARTS) is 1. The zero-order valence-corrected chi connectivity index (χ0v) is 11.0. The maximum Gasteiger partial charge on any atom is 0.312 e. The molecule has 1 aliphatic heterocycles. The topological polar surface area (TPSA) is 66.8 Å². The summed E-state index contributed by atoms with van der Waals surface area (Å²) < 4.78 is 5.29. The van der Waals surface area contributed by atoms with E-state index in [1.54, 1.807) is 24.3 Å². The van der Waals surface area contributed by atoms with Gasteiger partial charge in [0.15, 0.2) is 0 Å². The zero-order chi connectivity index (χ0) is 14.0. The Morgan fingerprint density at radius 3 is 2.74 bits per heavy atom. The summed E-state index contributed by atoms with van der Waals surface area (Å²) in [4.78, 5) is 24.8. The number of amides is 1. The number of nitrogens with zero attached hydrogens (tertiary/aromatic N) is 1. The average molecular weight is 263 g/mol. The van der Waals surface area contributed by atoms with Crippen molar-refractivity contribution in [2.75, 3.05) is 18.1 Å². The molecule has 1 heterocycles. The Hall–Kier alpha value is -1.88. The van der Waals surface area contributed by atoms with Gasteiger partial charge in [0, 0.05) is 12.2 Å². The Morgan fingerprint density at radius 2 is 2.11 bits per heavy atom. The van der Waals surface area contributed by atoms with Crippen molar-refractivity contribution >= 4 is 17.6 Å². The van der Waals surface area contributed by atoms with Gasteiger partial charge in [-0.3, -0.25) is 9.59 Å². The molecule has 2 rings (SSSR count). The molecule has 1 unspecified atom stereocenters. The lowest BCUT2D eigenvalue weighted by molar-refractivity contribution is -0.138. The summed E-state index contributed by atoms with van der Waals surface area (Å²) in [5.41, 5.74) is 1.36. The predicted octanol–water partition coefficient (Wildman–Crippen LogP) is 1.63. The van der Waals surface area contributed by atoms with E-state index in [1.807, 2.05) is 13.8 Å². The zero-order valence-electron chi connectivity index (χ0n) is 11.0. The van der Waals surface area contributed by atoms with Crippen LogP contribution in [-0.2, 0) is 14.3 Å². The molecule has 5 nitrogen and oxygen atoms in total. The molecule has 0 saturated heterocycles. The van der Waals surface area contributed by atoms with Crippen LogP contribution >= 0.6 is 0 Å². The van der Waals surface area contributed by atoms with E-state index in [0.29, 0.717) is 11.3 Å². The second-order valence-corrected chi connectivity index (χ2v) is 4.81. The fraction of sp³-hybridized carbons (Fsp3) is 0.429. The van der Waals surface area contributed by atoms with Crippen LogP contribution in [0.5, 0.6) is 0 Å². The number of carbonyl (C=O) groups excluding carboxylic acids is 1. The monoisotopic (exact) mass is 263 g/mol. The Balaban J connectivity index is 2.20. The third-order valence-electron chi connectivity index (χ3n) is 3.11. The van der Waals surface area contributed by atoms with Gasteiger partial charge in [0.1, 0.15) is 12.5 Å². The average Bonchev–Trinajstić information content (AvgIpc) is 2.75. The lowest BCUT2D eigenvalue weighted by atomic mass is 10.0. The molecule has 0 spiro atoms. The third kappa shape index (κ3) is 2.76. The molecule has 1 aliphatic rings. The van der Waals surface area contributed by atoms with Crippen LogP contribution in [0.2, 0.25) is 0 Å². The number of para-hydroxylation sites is 1. The number of carboxylic acids is 1. The van der Waals surface area contributed by atoms with Crippen molar-refractivity contribution < 1.29 is 19.4 Å². The lowest BCUT2D eigenvalue weighted by Crippen LogP contribution is -2.34. The number of hydrogen-bond acceptors (Lipinski definition) is 3. The summed E-state index contributed by atoms with van der Waals surface area (Å²) in [6.45, 7) is 3.85. The Kier molecular flexibility index (Phi) is 3.85. The van der Waals surface area contributed by atoms with Gasteiger partial charge in [-0.05, 0) is 25.5 Å². The van der Waals surface area contributed by atoms with Gasteiger partial charge in [-0.2, -0.15) is 0 Å². The summed E-state index contributed by atoms with van der Waals surface area (Å²) in [5.74, 6) is -1.77. The Labute approximate surface area is 111 Å². The molecule has 0 bridgehead atoms. The second-order valence-electron chi connectivity index (χ2n) is 4.81. The molecular weight excluding hydrogens is 246 g/mol. The van der Waals surface area contributed by atoms with E-state index in [-0.39, 0.29) is 25.2 Å². The normalized spacial score (nSPS) is 17.6. The molecule has 1 atom stereocenters. The van der Waals surface area contributed by atoms with Crippen LogP contribution in [0.15, 0.2) is 24.3 Å². The highest BCUT2D eigenvalue weighted by Crippen LogP contribution is 2.36. The Bertz CT molecular complexity index is 498. The van der Waals surface area contributed by atoms with Crippen LogP contribution < -0.4 is 4.90 Å². The van der Waals surface area contributed by atoms with E-state index in [0.717, 1.165) is 0 Å². The molecule has 0 saturated carbocycles. The van der Waals surface area contributed by atoms with Gasteiger partial charge in [-0.15, -0.1) is 0 Å². The van der Waals surface area contributed by atoms with Crippen LogP contribution in [0.25, 0.3) is 0 Å². The number of hydrogen-bond donors (Lipinski definition) is 1. The van der Waals surface area contributed by atoms with E-state index in [2.05, 4.69) is 0 Å². The molecule has 5 heteroatoms. The highest BCUT2D eigenvalue weighted by Gasteiger charge is 2.36. The number of benzene rings is 1. The summed E-state index contributed by atoms with van der Waals surface area (Å²) in [5, 5.41) is 9.21. The highest BCUT2D eigenvalue weighted by molar-refractivity contribution is 5.99. The van der Waals surface area contributed by atoms with Gasteiger partial charge >= 0.3 is 5.97 Å². The van der Waals surface area contributed by atoms with Crippen molar-refractivity contribution in [2.45, 2.75) is 25.9 Å². The molecule has 0 radical (unpaired) electrons. The van der Waals surface area contributed by atoms with Crippen LogP contribution in [0.4, 0.5) is 5.69 Å². The van der Waals surface area contributed by atoms with Crippen LogP contribution in [0.1, 0.15) is 25.3 Å². The van der Waals surface area contributed by atoms with Crippen molar-refractivity contribution in [1.82, 2.24) is 0 Å². The summed E-state index contributed by atoms with van der Waals surface area (Å²) in [7, 11) is 0. The minimum atomic E-state index is -0.910. The first-order valence-electron chi connectivity index (χ1n) is 6.24. The van der Waals surface area contributed by atoms with Gasteiger partial charge < -0.3 is 14.7 Å². The molecule has 1 N–H and O–H groups in total. The van der Waals surface area contributed by atoms with Gasteiger partial charge in [-0.1, -0.05) is 18.2 Å². The van der Waals surface area contributed by atoms with Crippen molar-refractivity contribution in [2.24, 2.45) is 0 Å². The van der Waals surface area contributed by atoms with Crippen LogP contribution in [-0.4, -0.2) is 36.2 Å². The number of rotatable bonds is 4. The van der Waals surface area contributed by atoms with Gasteiger partial charge in [-0.25, -0.2) is 0 Å². The minimum absolute atomic E-state index is 0.0294. The maximum absolute atomic E-state index is 12.1. The summed E-state index contributed by atoms with van der Waals surface area (Å²) in [6, 6.07) is 7.11. The summed E-state index contributed by atoms with van der Waals surface area (Å²) >= 11 is 0. The van der Waals surface area contributed by atoms with Crippen LogP contribution in [0.3, 0.4) is 0 Å². The van der Waals surface area contributed by atoms with Crippen LogP contribution in [0, 0.1) is 0 Å². The standard InChI is InChI=1S/C14H17NO4/c1-9(2)19-8-13(16)15-7-11(14(17)18)10-5-3-4-6-12(10)15/h3-6,9,11H,7-8H2,1-2H3,(H,17,18). The molecule has 0 aliphatic carbocycles. The lowest BCUT2D eigenvalue weighted by Gasteiger charge is -2.18. The van der Waals surface area contributed by atoms with Crippen molar-refractivity contribution in [3.63, 3.8) is 0 Å². The number of fused-ring (bicyclic) bond motifs is 1. The van der Waals surface area contributed by atoms with E-state index >= 15 is 0 Å². The van der Waals surface area contributed by atoms with E-state index < -0.39 is 11.9 Å². The number of carbonyl (C=O) groups is 2. The largest absolute Gasteiger partial charge is 0.481 e. The SMILES string of the molecule is CC(C)OCC(=O)N1CC(C(=O)O)c2ccccc21. The fourth-order valence-corrected chi connectivity index (χ4v) is 2.17. The minimum Gasteiger partial charge on any atom is -0.481 e. The maximum atomic E-state index is 12.1. The summed E-state index contributed by atoms with van der Waals surface area (Å²) in [6.07, 6.45) is -0.0305. The first kappa shape index (κ1) is 13.5. The Morgan fingerprint density at radius 1 is 1.42 bits per heavy atom. The van der Waals surface area contributed by atoms with E-state index in [4.69, 9.17) is 4.74 Å². The molecule has 19 heavy (non-hydrogen) atoms. The molecule has 102 valence electrons. The molecular formula is C14H17NO4.